The summed E-state index contributed by atoms with van der Waals surface area (Å²) in [6.45, 7) is 4.00. The molecule has 0 bridgehead atoms. The molecule has 0 unspecified atom stereocenters. The molecule has 2 aromatic rings. The monoisotopic (exact) mass is 311 g/mol. The second kappa shape index (κ2) is 7.58. The molecule has 2 rings (SSSR count). The number of carbonyl (C=O) groups excluding carboxylic acids is 1. The largest absolute Gasteiger partial charge is 0.480 e. The Kier molecular flexibility index (Phi) is 5.52. The SMILES string of the molecule is Cc1ccc(C[C@@H](NC(=O)Cc2ccccc2)C(=O)O)cc1C. The summed E-state index contributed by atoms with van der Waals surface area (Å²) in [6, 6.07) is 14.2. The van der Waals surface area contributed by atoms with E-state index in [1.165, 1.54) is 0 Å². The Morgan fingerprint density at radius 1 is 1.00 bits per heavy atom. The van der Waals surface area contributed by atoms with Crippen LogP contribution in [-0.2, 0) is 22.4 Å². The zero-order valence-electron chi connectivity index (χ0n) is 13.4. The number of carboxylic acid groups (broad SMARTS) is 1. The number of rotatable bonds is 6. The van der Waals surface area contributed by atoms with Crippen LogP contribution in [0.2, 0.25) is 0 Å². The summed E-state index contributed by atoms with van der Waals surface area (Å²) in [6.07, 6.45) is 0.453. The zero-order chi connectivity index (χ0) is 16.8. The Labute approximate surface area is 136 Å². The first-order valence-corrected chi connectivity index (χ1v) is 7.58. The summed E-state index contributed by atoms with van der Waals surface area (Å²) >= 11 is 0. The summed E-state index contributed by atoms with van der Waals surface area (Å²) in [5.41, 5.74) is 4.04. The maximum absolute atomic E-state index is 12.1. The highest BCUT2D eigenvalue weighted by molar-refractivity contribution is 5.85. The first-order chi connectivity index (χ1) is 11.0. The first kappa shape index (κ1) is 16.7. The van der Waals surface area contributed by atoms with Gasteiger partial charge >= 0.3 is 5.97 Å². The maximum Gasteiger partial charge on any atom is 0.326 e. The van der Waals surface area contributed by atoms with Crippen LogP contribution in [0.4, 0.5) is 0 Å². The van der Waals surface area contributed by atoms with Gasteiger partial charge in [-0.15, -0.1) is 0 Å². The summed E-state index contributed by atoms with van der Waals surface area (Å²) in [4.78, 5) is 23.5. The first-order valence-electron chi connectivity index (χ1n) is 7.58. The van der Waals surface area contributed by atoms with Crippen LogP contribution in [0.3, 0.4) is 0 Å². The molecule has 4 heteroatoms. The van der Waals surface area contributed by atoms with Gasteiger partial charge in [-0.1, -0.05) is 48.5 Å². The highest BCUT2D eigenvalue weighted by Crippen LogP contribution is 2.12. The standard InChI is InChI=1S/C19H21NO3/c1-13-8-9-16(10-14(13)2)11-17(19(22)23)20-18(21)12-15-6-4-3-5-7-15/h3-10,17H,11-12H2,1-2H3,(H,20,21)(H,22,23)/t17-/m1/s1. The van der Waals surface area contributed by atoms with Crippen LogP contribution >= 0.6 is 0 Å². The van der Waals surface area contributed by atoms with E-state index in [1.54, 1.807) is 0 Å². The third-order valence-corrected chi connectivity index (χ3v) is 3.85. The lowest BCUT2D eigenvalue weighted by atomic mass is 10.0. The molecule has 23 heavy (non-hydrogen) atoms. The van der Waals surface area contributed by atoms with Crippen LogP contribution in [-0.4, -0.2) is 23.0 Å². The highest BCUT2D eigenvalue weighted by Gasteiger charge is 2.20. The number of carbonyl (C=O) groups is 2. The van der Waals surface area contributed by atoms with Crippen molar-refractivity contribution in [1.29, 1.82) is 0 Å². The van der Waals surface area contributed by atoms with Crippen LogP contribution in [0.15, 0.2) is 48.5 Å². The van der Waals surface area contributed by atoms with Gasteiger partial charge in [-0.2, -0.15) is 0 Å². The van der Waals surface area contributed by atoms with Gasteiger partial charge in [0, 0.05) is 6.42 Å². The fourth-order valence-corrected chi connectivity index (χ4v) is 2.39. The van der Waals surface area contributed by atoms with Gasteiger partial charge in [0.25, 0.3) is 0 Å². The Balaban J connectivity index is 2.02. The molecule has 0 radical (unpaired) electrons. The van der Waals surface area contributed by atoms with Crippen molar-refractivity contribution in [3.05, 3.63) is 70.8 Å². The number of aliphatic carboxylic acids is 1. The Morgan fingerprint density at radius 3 is 2.30 bits per heavy atom. The molecule has 2 aromatic carbocycles. The maximum atomic E-state index is 12.1. The molecule has 2 N–H and O–H groups in total. The lowest BCUT2D eigenvalue weighted by Gasteiger charge is -2.15. The van der Waals surface area contributed by atoms with Crippen molar-refractivity contribution >= 4 is 11.9 Å². The molecule has 1 amide bonds. The predicted molar refractivity (Wildman–Crippen MR) is 89.3 cm³/mol. The summed E-state index contributed by atoms with van der Waals surface area (Å²) in [7, 11) is 0. The van der Waals surface area contributed by atoms with Crippen molar-refractivity contribution in [2.75, 3.05) is 0 Å². The van der Waals surface area contributed by atoms with Crippen LogP contribution < -0.4 is 5.32 Å². The van der Waals surface area contributed by atoms with Gasteiger partial charge in [0.2, 0.25) is 5.91 Å². The molecule has 0 saturated heterocycles. The average Bonchev–Trinajstić information content (AvgIpc) is 2.51. The number of amides is 1. The highest BCUT2D eigenvalue weighted by atomic mass is 16.4. The molecular weight excluding hydrogens is 290 g/mol. The summed E-state index contributed by atoms with van der Waals surface area (Å²) in [5, 5.41) is 12.0. The van der Waals surface area contributed by atoms with Crippen LogP contribution in [0.5, 0.6) is 0 Å². The second-order valence-electron chi connectivity index (χ2n) is 5.74. The molecule has 0 aromatic heterocycles. The third kappa shape index (κ3) is 4.95. The fourth-order valence-electron chi connectivity index (χ4n) is 2.39. The van der Waals surface area contributed by atoms with Crippen molar-refractivity contribution < 1.29 is 14.7 Å². The van der Waals surface area contributed by atoms with Crippen molar-refractivity contribution in [2.45, 2.75) is 32.7 Å². The van der Waals surface area contributed by atoms with E-state index in [4.69, 9.17) is 0 Å². The smallest absolute Gasteiger partial charge is 0.326 e. The minimum absolute atomic E-state index is 0.178. The molecule has 0 aliphatic heterocycles. The van der Waals surface area contributed by atoms with E-state index < -0.39 is 12.0 Å². The number of nitrogens with one attached hydrogen (secondary N) is 1. The predicted octanol–water partition coefficient (Wildman–Crippen LogP) is 2.66. The molecular formula is C19H21NO3. The average molecular weight is 311 g/mol. The minimum atomic E-state index is -1.02. The molecule has 0 aliphatic rings. The minimum Gasteiger partial charge on any atom is -0.480 e. The number of aryl methyl sites for hydroxylation is 2. The van der Waals surface area contributed by atoms with Crippen molar-refractivity contribution in [3.8, 4) is 0 Å². The normalized spacial score (nSPS) is 11.7. The van der Waals surface area contributed by atoms with E-state index in [1.807, 2.05) is 62.4 Å². The lowest BCUT2D eigenvalue weighted by molar-refractivity contribution is -0.141. The van der Waals surface area contributed by atoms with Gasteiger partial charge < -0.3 is 10.4 Å². The Bertz CT molecular complexity index is 695. The van der Waals surface area contributed by atoms with Gasteiger partial charge in [-0.3, -0.25) is 4.79 Å². The van der Waals surface area contributed by atoms with Crippen molar-refractivity contribution in [2.24, 2.45) is 0 Å². The second-order valence-corrected chi connectivity index (χ2v) is 5.74. The molecule has 0 fully saturated rings. The van der Waals surface area contributed by atoms with E-state index in [0.29, 0.717) is 0 Å². The van der Waals surface area contributed by atoms with Crippen LogP contribution in [0, 0.1) is 13.8 Å². The summed E-state index contributed by atoms with van der Waals surface area (Å²) in [5.74, 6) is -1.31. The Hall–Kier alpha value is -2.62. The molecule has 120 valence electrons. The number of benzene rings is 2. The van der Waals surface area contributed by atoms with Gasteiger partial charge in [0.1, 0.15) is 6.04 Å². The van der Waals surface area contributed by atoms with Gasteiger partial charge in [0.15, 0.2) is 0 Å². The topological polar surface area (TPSA) is 66.4 Å². The van der Waals surface area contributed by atoms with E-state index in [0.717, 1.165) is 22.3 Å². The quantitative estimate of drug-likeness (QED) is 0.862. The number of carboxylic acids is 1. The molecule has 4 nitrogen and oxygen atoms in total. The molecule has 0 spiro atoms. The molecule has 0 saturated carbocycles. The van der Waals surface area contributed by atoms with Gasteiger partial charge in [-0.05, 0) is 36.1 Å². The van der Waals surface area contributed by atoms with E-state index in [-0.39, 0.29) is 18.7 Å². The third-order valence-electron chi connectivity index (χ3n) is 3.85. The van der Waals surface area contributed by atoms with Crippen molar-refractivity contribution in [3.63, 3.8) is 0 Å². The molecule has 0 heterocycles. The Morgan fingerprint density at radius 2 is 1.70 bits per heavy atom. The lowest BCUT2D eigenvalue weighted by Crippen LogP contribution is -2.43. The van der Waals surface area contributed by atoms with Crippen molar-refractivity contribution in [1.82, 2.24) is 5.32 Å². The molecule has 1 atom stereocenters. The van der Waals surface area contributed by atoms with Gasteiger partial charge in [-0.25, -0.2) is 4.79 Å². The van der Waals surface area contributed by atoms with E-state index in [2.05, 4.69) is 5.32 Å². The number of hydrogen-bond acceptors (Lipinski definition) is 2. The van der Waals surface area contributed by atoms with E-state index >= 15 is 0 Å². The zero-order valence-corrected chi connectivity index (χ0v) is 13.4. The number of hydrogen-bond donors (Lipinski definition) is 2. The molecule has 0 aliphatic carbocycles. The van der Waals surface area contributed by atoms with Crippen LogP contribution in [0.25, 0.3) is 0 Å². The summed E-state index contributed by atoms with van der Waals surface area (Å²) < 4.78 is 0. The van der Waals surface area contributed by atoms with Crippen LogP contribution in [0.1, 0.15) is 22.3 Å². The fraction of sp³-hybridized carbons (Fsp3) is 0.263. The van der Waals surface area contributed by atoms with Gasteiger partial charge in [0.05, 0.1) is 6.42 Å². The van der Waals surface area contributed by atoms with E-state index in [9.17, 15) is 14.7 Å².